The lowest BCUT2D eigenvalue weighted by Gasteiger charge is -2.26. The Kier molecular flexibility index (Phi) is 6.99. The highest BCUT2D eigenvalue weighted by molar-refractivity contribution is 5.95. The Morgan fingerprint density at radius 3 is 2.58 bits per heavy atom. The number of hydrogen-bond donors (Lipinski definition) is 2. The van der Waals surface area contributed by atoms with Gasteiger partial charge in [-0.25, -0.2) is 9.78 Å². The number of nitrogens with zero attached hydrogens (tertiary/aromatic N) is 2. The molecule has 1 aliphatic carbocycles. The molecule has 164 valence electrons. The summed E-state index contributed by atoms with van der Waals surface area (Å²) >= 11 is 0. The molecule has 1 saturated heterocycles. The molecule has 0 spiro atoms. The molecule has 0 bridgehead atoms. The van der Waals surface area contributed by atoms with Crippen LogP contribution in [0, 0.1) is 0 Å². The standard InChI is InChI=1S/C23H28N4O4/c28-22(27-12-14-30-15-13-27)17-7-9-19(10-8-17)26-23(29)25-16-18-4-3-11-24-21(18)31-20-5-1-2-6-20/h3-4,7-11,20H,1-2,5-6,12-16H2,(H2,25,26,29). The molecule has 2 N–H and O–H groups in total. The highest BCUT2D eigenvalue weighted by atomic mass is 16.5. The monoisotopic (exact) mass is 424 g/mol. The van der Waals surface area contributed by atoms with Crippen molar-refractivity contribution in [3.05, 3.63) is 53.7 Å². The van der Waals surface area contributed by atoms with Crippen molar-refractivity contribution >= 4 is 17.6 Å². The van der Waals surface area contributed by atoms with Crippen molar-refractivity contribution < 1.29 is 19.1 Å². The van der Waals surface area contributed by atoms with Crippen LogP contribution < -0.4 is 15.4 Å². The van der Waals surface area contributed by atoms with Gasteiger partial charge in [0.2, 0.25) is 5.88 Å². The smallest absolute Gasteiger partial charge is 0.319 e. The number of ether oxygens (including phenoxy) is 2. The molecule has 1 saturated carbocycles. The summed E-state index contributed by atoms with van der Waals surface area (Å²) < 4.78 is 11.3. The third-order valence-corrected chi connectivity index (χ3v) is 5.56. The number of nitrogens with one attached hydrogen (secondary N) is 2. The maximum atomic E-state index is 12.5. The molecule has 1 aromatic heterocycles. The normalized spacial score (nSPS) is 16.7. The average molecular weight is 425 g/mol. The van der Waals surface area contributed by atoms with Crippen molar-refractivity contribution in [2.45, 2.75) is 38.3 Å². The Morgan fingerprint density at radius 2 is 1.84 bits per heavy atom. The van der Waals surface area contributed by atoms with E-state index in [4.69, 9.17) is 9.47 Å². The predicted molar refractivity (Wildman–Crippen MR) is 116 cm³/mol. The number of pyridine rings is 1. The van der Waals surface area contributed by atoms with Gasteiger partial charge in [-0.3, -0.25) is 4.79 Å². The fourth-order valence-electron chi connectivity index (χ4n) is 3.82. The van der Waals surface area contributed by atoms with E-state index in [1.165, 1.54) is 12.8 Å². The summed E-state index contributed by atoms with van der Waals surface area (Å²) in [5.41, 5.74) is 2.05. The molecule has 8 nitrogen and oxygen atoms in total. The number of aromatic nitrogens is 1. The number of urea groups is 1. The number of hydrogen-bond acceptors (Lipinski definition) is 5. The molecule has 0 atom stereocenters. The third kappa shape index (κ3) is 5.73. The Labute approximate surface area is 181 Å². The minimum absolute atomic E-state index is 0.0225. The van der Waals surface area contributed by atoms with Crippen molar-refractivity contribution in [3.8, 4) is 5.88 Å². The summed E-state index contributed by atoms with van der Waals surface area (Å²) in [7, 11) is 0. The van der Waals surface area contributed by atoms with Gasteiger partial charge in [0.25, 0.3) is 5.91 Å². The van der Waals surface area contributed by atoms with E-state index in [1.807, 2.05) is 12.1 Å². The molecule has 1 aromatic carbocycles. The lowest BCUT2D eigenvalue weighted by molar-refractivity contribution is 0.0303. The van der Waals surface area contributed by atoms with E-state index in [1.54, 1.807) is 35.4 Å². The fraction of sp³-hybridized carbons (Fsp3) is 0.435. The second-order valence-electron chi connectivity index (χ2n) is 7.78. The third-order valence-electron chi connectivity index (χ3n) is 5.56. The summed E-state index contributed by atoms with van der Waals surface area (Å²) in [6.07, 6.45) is 6.38. The van der Waals surface area contributed by atoms with E-state index in [2.05, 4.69) is 15.6 Å². The minimum Gasteiger partial charge on any atom is -0.474 e. The van der Waals surface area contributed by atoms with Crippen LogP contribution >= 0.6 is 0 Å². The number of anilines is 1. The summed E-state index contributed by atoms with van der Waals surface area (Å²) in [4.78, 5) is 30.9. The molecule has 2 fully saturated rings. The van der Waals surface area contributed by atoms with Crippen LogP contribution in [-0.4, -0.2) is 54.2 Å². The summed E-state index contributed by atoms with van der Waals surface area (Å²) in [6.45, 7) is 2.64. The van der Waals surface area contributed by atoms with Crippen molar-refractivity contribution in [2.24, 2.45) is 0 Å². The largest absolute Gasteiger partial charge is 0.474 e. The van der Waals surface area contributed by atoms with Gasteiger partial charge in [0, 0.05) is 42.6 Å². The molecule has 1 aliphatic heterocycles. The molecule has 3 amide bonds. The molecule has 2 aromatic rings. The number of carbonyl (C=O) groups excluding carboxylic acids is 2. The van der Waals surface area contributed by atoms with E-state index >= 15 is 0 Å². The van der Waals surface area contributed by atoms with Crippen molar-refractivity contribution in [2.75, 3.05) is 31.6 Å². The molecule has 2 aliphatic rings. The van der Waals surface area contributed by atoms with Gasteiger partial charge in [-0.2, -0.15) is 0 Å². The molecule has 8 heteroatoms. The average Bonchev–Trinajstić information content (AvgIpc) is 3.32. The predicted octanol–water partition coefficient (Wildman–Crippen LogP) is 3.20. The summed E-state index contributed by atoms with van der Waals surface area (Å²) in [5.74, 6) is 0.561. The van der Waals surface area contributed by atoms with Crippen molar-refractivity contribution in [3.63, 3.8) is 0 Å². The quantitative estimate of drug-likeness (QED) is 0.743. The second kappa shape index (κ2) is 10.3. The second-order valence-corrected chi connectivity index (χ2v) is 7.78. The van der Waals surface area contributed by atoms with Gasteiger partial charge < -0.3 is 25.0 Å². The molecule has 0 unspecified atom stereocenters. The highest BCUT2D eigenvalue weighted by Crippen LogP contribution is 2.25. The van der Waals surface area contributed by atoms with Crippen LogP contribution in [0.3, 0.4) is 0 Å². The number of benzene rings is 1. The van der Waals surface area contributed by atoms with Crippen molar-refractivity contribution in [1.29, 1.82) is 0 Å². The minimum atomic E-state index is -0.331. The first-order valence-corrected chi connectivity index (χ1v) is 10.8. The van der Waals surface area contributed by atoms with Gasteiger partial charge in [0.05, 0.1) is 13.2 Å². The molecular weight excluding hydrogens is 396 g/mol. The number of amides is 3. The molecule has 31 heavy (non-hydrogen) atoms. The van der Waals surface area contributed by atoms with Gasteiger partial charge >= 0.3 is 6.03 Å². The molecule has 0 radical (unpaired) electrons. The first-order valence-electron chi connectivity index (χ1n) is 10.8. The number of morpholine rings is 1. The summed E-state index contributed by atoms with van der Waals surface area (Å²) in [5, 5.41) is 5.64. The topological polar surface area (TPSA) is 92.8 Å². The molecular formula is C23H28N4O4. The van der Waals surface area contributed by atoms with E-state index in [-0.39, 0.29) is 18.0 Å². The maximum Gasteiger partial charge on any atom is 0.319 e. The van der Waals surface area contributed by atoms with Gasteiger partial charge in [-0.1, -0.05) is 6.07 Å². The molecule has 4 rings (SSSR count). The van der Waals surface area contributed by atoms with Gasteiger partial charge in [-0.05, 0) is 56.0 Å². The Bertz CT molecular complexity index is 891. The van der Waals surface area contributed by atoms with E-state index in [9.17, 15) is 9.59 Å². The SMILES string of the molecule is O=C(NCc1cccnc1OC1CCCC1)Nc1ccc(C(=O)N2CCOCC2)cc1. The number of carbonyl (C=O) groups is 2. The first kappa shape index (κ1) is 21.1. The van der Waals surface area contributed by atoms with Crippen LogP contribution in [0.5, 0.6) is 5.88 Å². The number of rotatable bonds is 6. The molecule has 2 heterocycles. The lowest BCUT2D eigenvalue weighted by Crippen LogP contribution is -2.40. The van der Waals surface area contributed by atoms with Crippen LogP contribution in [0.15, 0.2) is 42.6 Å². The Balaban J connectivity index is 1.28. The Morgan fingerprint density at radius 1 is 1.10 bits per heavy atom. The van der Waals surface area contributed by atoms with E-state index in [0.717, 1.165) is 18.4 Å². The zero-order chi connectivity index (χ0) is 21.5. The van der Waals surface area contributed by atoms with Gasteiger partial charge in [-0.15, -0.1) is 0 Å². The van der Waals surface area contributed by atoms with Crippen LogP contribution in [0.1, 0.15) is 41.6 Å². The lowest BCUT2D eigenvalue weighted by atomic mass is 10.1. The van der Waals surface area contributed by atoms with E-state index < -0.39 is 0 Å². The van der Waals surface area contributed by atoms with Crippen LogP contribution in [-0.2, 0) is 11.3 Å². The van der Waals surface area contributed by atoms with E-state index in [0.29, 0.717) is 50.0 Å². The van der Waals surface area contributed by atoms with Gasteiger partial charge in [0.15, 0.2) is 0 Å². The summed E-state index contributed by atoms with van der Waals surface area (Å²) in [6, 6.07) is 10.3. The van der Waals surface area contributed by atoms with Crippen LogP contribution in [0.2, 0.25) is 0 Å². The van der Waals surface area contributed by atoms with Crippen molar-refractivity contribution in [1.82, 2.24) is 15.2 Å². The maximum absolute atomic E-state index is 12.5. The van der Waals surface area contributed by atoms with Crippen LogP contribution in [0.25, 0.3) is 0 Å². The first-order chi connectivity index (χ1) is 15.2. The fourth-order valence-corrected chi connectivity index (χ4v) is 3.82. The zero-order valence-corrected chi connectivity index (χ0v) is 17.5. The van der Waals surface area contributed by atoms with Gasteiger partial charge in [0.1, 0.15) is 6.10 Å². The Hall–Kier alpha value is -3.13. The van der Waals surface area contributed by atoms with Crippen LogP contribution in [0.4, 0.5) is 10.5 Å². The zero-order valence-electron chi connectivity index (χ0n) is 17.5. The highest BCUT2D eigenvalue weighted by Gasteiger charge is 2.19.